The number of nitrogens with zero attached hydrogens (tertiary/aromatic N) is 3. The highest BCUT2D eigenvalue weighted by Crippen LogP contribution is 2.26. The van der Waals surface area contributed by atoms with Crippen molar-refractivity contribution in [2.24, 2.45) is 0 Å². The first-order valence-electron chi connectivity index (χ1n) is 10.5. The number of hydrogen-bond acceptors (Lipinski definition) is 4. The first-order valence-corrected chi connectivity index (χ1v) is 11.7. The van der Waals surface area contributed by atoms with Gasteiger partial charge in [0.1, 0.15) is 0 Å². The van der Waals surface area contributed by atoms with Gasteiger partial charge in [-0.25, -0.2) is 4.79 Å². The number of carbonyl (C=O) groups excluding carboxylic acids is 1. The summed E-state index contributed by atoms with van der Waals surface area (Å²) in [5, 5.41) is 3.12. The number of likely N-dealkylation sites (tertiary alicyclic amines) is 1. The van der Waals surface area contributed by atoms with Crippen LogP contribution in [-0.2, 0) is 0 Å². The number of benzene rings is 2. The van der Waals surface area contributed by atoms with Crippen LogP contribution in [0.3, 0.4) is 0 Å². The van der Waals surface area contributed by atoms with Crippen LogP contribution in [0.25, 0.3) is 0 Å². The number of para-hydroxylation sites is 2. The van der Waals surface area contributed by atoms with E-state index in [0.717, 1.165) is 56.3 Å². The summed E-state index contributed by atoms with van der Waals surface area (Å²) in [6, 6.07) is 19.2. The Morgan fingerprint density at radius 3 is 2.45 bits per heavy atom. The SMILES string of the molecule is CSc1ccccc1NC(=O)N1CCCC(N2CCN(c3ccccc3)CC2)C1. The molecule has 2 aliphatic rings. The van der Waals surface area contributed by atoms with Crippen LogP contribution in [0.1, 0.15) is 12.8 Å². The van der Waals surface area contributed by atoms with E-state index in [-0.39, 0.29) is 6.03 Å². The summed E-state index contributed by atoms with van der Waals surface area (Å²) >= 11 is 1.66. The fourth-order valence-electron chi connectivity index (χ4n) is 4.36. The normalized spacial score (nSPS) is 20.5. The Morgan fingerprint density at radius 1 is 0.966 bits per heavy atom. The molecule has 0 radical (unpaired) electrons. The smallest absolute Gasteiger partial charge is 0.321 e. The standard InChI is InChI=1S/C23H30N4OS/c1-29-22-12-6-5-11-21(22)24-23(28)27-13-7-10-20(18-27)26-16-14-25(15-17-26)19-8-3-2-4-9-19/h2-6,8-9,11-12,20H,7,10,13-18H2,1H3,(H,24,28). The maximum Gasteiger partial charge on any atom is 0.321 e. The molecular formula is C23H30N4OS. The average Bonchev–Trinajstić information content (AvgIpc) is 2.80. The lowest BCUT2D eigenvalue weighted by Gasteiger charge is -2.43. The van der Waals surface area contributed by atoms with Gasteiger partial charge in [-0.05, 0) is 43.4 Å². The van der Waals surface area contributed by atoms with Gasteiger partial charge in [0.2, 0.25) is 0 Å². The summed E-state index contributed by atoms with van der Waals surface area (Å²) in [7, 11) is 0. The summed E-state index contributed by atoms with van der Waals surface area (Å²) in [5.41, 5.74) is 2.22. The van der Waals surface area contributed by atoms with Gasteiger partial charge in [-0.3, -0.25) is 4.90 Å². The number of piperidine rings is 1. The molecule has 1 N–H and O–H groups in total. The molecule has 2 amide bonds. The number of amides is 2. The van der Waals surface area contributed by atoms with Gasteiger partial charge in [0.25, 0.3) is 0 Å². The highest BCUT2D eigenvalue weighted by atomic mass is 32.2. The summed E-state index contributed by atoms with van der Waals surface area (Å²) in [4.78, 5) is 21.0. The highest BCUT2D eigenvalue weighted by molar-refractivity contribution is 7.98. The van der Waals surface area contributed by atoms with Crippen LogP contribution in [-0.4, -0.2) is 67.4 Å². The van der Waals surface area contributed by atoms with E-state index < -0.39 is 0 Å². The van der Waals surface area contributed by atoms with Gasteiger partial charge in [-0.1, -0.05) is 30.3 Å². The molecule has 4 rings (SSSR count). The molecule has 29 heavy (non-hydrogen) atoms. The topological polar surface area (TPSA) is 38.8 Å². The van der Waals surface area contributed by atoms with Crippen LogP contribution in [0.4, 0.5) is 16.2 Å². The number of nitrogens with one attached hydrogen (secondary N) is 1. The largest absolute Gasteiger partial charge is 0.369 e. The lowest BCUT2D eigenvalue weighted by Crippen LogP contribution is -2.56. The first kappa shape index (κ1) is 20.1. The number of urea groups is 1. The molecule has 1 unspecified atom stereocenters. The first-order chi connectivity index (χ1) is 14.2. The monoisotopic (exact) mass is 410 g/mol. The van der Waals surface area contributed by atoms with Crippen LogP contribution >= 0.6 is 11.8 Å². The van der Waals surface area contributed by atoms with Crippen LogP contribution < -0.4 is 10.2 Å². The third-order valence-corrected chi connectivity index (χ3v) is 6.78. The average molecular weight is 411 g/mol. The summed E-state index contributed by atoms with van der Waals surface area (Å²) in [5.74, 6) is 0. The third-order valence-electron chi connectivity index (χ3n) is 5.98. The molecule has 0 aliphatic carbocycles. The van der Waals surface area contributed by atoms with Crippen molar-refractivity contribution < 1.29 is 4.79 Å². The van der Waals surface area contributed by atoms with Gasteiger partial charge in [0.15, 0.2) is 0 Å². The van der Waals surface area contributed by atoms with Crippen molar-refractivity contribution in [1.29, 1.82) is 0 Å². The van der Waals surface area contributed by atoms with Gasteiger partial charge in [0.05, 0.1) is 5.69 Å². The molecule has 0 bridgehead atoms. The zero-order valence-electron chi connectivity index (χ0n) is 17.1. The van der Waals surface area contributed by atoms with Crippen LogP contribution in [0.2, 0.25) is 0 Å². The van der Waals surface area contributed by atoms with Crippen LogP contribution in [0, 0.1) is 0 Å². The maximum absolute atomic E-state index is 12.9. The molecule has 2 aromatic carbocycles. The minimum absolute atomic E-state index is 0.0270. The number of hydrogen-bond donors (Lipinski definition) is 1. The van der Waals surface area contributed by atoms with E-state index in [4.69, 9.17) is 0 Å². The molecule has 0 spiro atoms. The number of carbonyl (C=O) groups is 1. The number of rotatable bonds is 4. The van der Waals surface area contributed by atoms with E-state index in [1.165, 1.54) is 12.1 Å². The molecule has 2 saturated heterocycles. The predicted molar refractivity (Wildman–Crippen MR) is 122 cm³/mol. The van der Waals surface area contributed by atoms with Crippen molar-refractivity contribution in [3.63, 3.8) is 0 Å². The van der Waals surface area contributed by atoms with Crippen molar-refractivity contribution in [2.45, 2.75) is 23.8 Å². The van der Waals surface area contributed by atoms with Crippen molar-refractivity contribution in [1.82, 2.24) is 9.80 Å². The predicted octanol–water partition coefficient (Wildman–Crippen LogP) is 4.23. The molecule has 6 heteroatoms. The molecule has 1 atom stereocenters. The lowest BCUT2D eigenvalue weighted by atomic mass is 10.0. The van der Waals surface area contributed by atoms with Crippen LogP contribution in [0.5, 0.6) is 0 Å². The molecule has 2 aromatic rings. The van der Waals surface area contributed by atoms with Crippen LogP contribution in [0.15, 0.2) is 59.5 Å². The van der Waals surface area contributed by atoms with Gasteiger partial charge in [-0.15, -0.1) is 11.8 Å². The van der Waals surface area contributed by atoms with Crippen molar-refractivity contribution in [3.8, 4) is 0 Å². The van der Waals surface area contributed by atoms with E-state index in [1.807, 2.05) is 35.4 Å². The summed E-state index contributed by atoms with van der Waals surface area (Å²) in [6.45, 7) is 5.88. The van der Waals surface area contributed by atoms with E-state index >= 15 is 0 Å². The minimum Gasteiger partial charge on any atom is -0.369 e. The number of piperazine rings is 1. The molecule has 5 nitrogen and oxygen atoms in total. The van der Waals surface area contributed by atoms with Gasteiger partial charge < -0.3 is 15.1 Å². The van der Waals surface area contributed by atoms with E-state index in [1.54, 1.807) is 11.8 Å². The van der Waals surface area contributed by atoms with Crippen molar-refractivity contribution in [3.05, 3.63) is 54.6 Å². The number of anilines is 2. The molecule has 2 aliphatic heterocycles. The summed E-state index contributed by atoms with van der Waals surface area (Å²) in [6.07, 6.45) is 4.29. The molecule has 2 heterocycles. The Hall–Kier alpha value is -2.18. The minimum atomic E-state index is 0.0270. The molecule has 0 aromatic heterocycles. The highest BCUT2D eigenvalue weighted by Gasteiger charge is 2.30. The van der Waals surface area contributed by atoms with E-state index in [0.29, 0.717) is 6.04 Å². The zero-order valence-corrected chi connectivity index (χ0v) is 17.9. The second-order valence-corrected chi connectivity index (χ2v) is 8.58. The van der Waals surface area contributed by atoms with Crippen molar-refractivity contribution >= 4 is 29.2 Å². The van der Waals surface area contributed by atoms with E-state index in [9.17, 15) is 4.79 Å². The molecule has 2 fully saturated rings. The third kappa shape index (κ3) is 4.87. The zero-order chi connectivity index (χ0) is 20.1. The Labute approximate surface area is 178 Å². The van der Waals surface area contributed by atoms with E-state index in [2.05, 4.69) is 45.4 Å². The Balaban J connectivity index is 1.32. The fraction of sp³-hybridized carbons (Fsp3) is 0.435. The summed E-state index contributed by atoms with van der Waals surface area (Å²) < 4.78 is 0. The van der Waals surface area contributed by atoms with Gasteiger partial charge in [-0.2, -0.15) is 0 Å². The molecule has 154 valence electrons. The lowest BCUT2D eigenvalue weighted by molar-refractivity contribution is 0.108. The maximum atomic E-state index is 12.9. The number of thioether (sulfide) groups is 1. The second-order valence-electron chi connectivity index (χ2n) is 7.73. The Bertz CT molecular complexity index is 808. The quantitative estimate of drug-likeness (QED) is 0.766. The fourth-order valence-corrected chi connectivity index (χ4v) is 4.92. The Kier molecular flexibility index (Phi) is 6.62. The Morgan fingerprint density at radius 2 is 1.69 bits per heavy atom. The van der Waals surface area contributed by atoms with Crippen molar-refractivity contribution in [2.75, 3.05) is 55.7 Å². The van der Waals surface area contributed by atoms with Gasteiger partial charge >= 0.3 is 6.03 Å². The molecular weight excluding hydrogens is 380 g/mol. The molecule has 0 saturated carbocycles. The van der Waals surface area contributed by atoms with Gasteiger partial charge in [0, 0.05) is 55.9 Å². The second kappa shape index (κ2) is 9.55.